The Morgan fingerprint density at radius 1 is 1.39 bits per heavy atom. The largest absolute Gasteiger partial charge is 0.378 e. The molecule has 3 rings (SSSR count). The van der Waals surface area contributed by atoms with E-state index < -0.39 is 0 Å². The molecular formula is C13H18N2O2S. The fourth-order valence-electron chi connectivity index (χ4n) is 2.56. The number of fused-ring (bicyclic) bond motifs is 1. The van der Waals surface area contributed by atoms with E-state index >= 15 is 0 Å². The molecule has 0 saturated carbocycles. The zero-order chi connectivity index (χ0) is 12.8. The second-order valence-electron chi connectivity index (χ2n) is 5.55. The lowest BCUT2D eigenvalue weighted by atomic mass is 9.91. The lowest BCUT2D eigenvalue weighted by Gasteiger charge is -2.30. The molecule has 3 heterocycles. The molecule has 1 aromatic heterocycles. The number of carbonyl (C=O) groups is 1. The molecule has 0 spiro atoms. The van der Waals surface area contributed by atoms with Crippen molar-refractivity contribution in [2.75, 3.05) is 31.2 Å². The monoisotopic (exact) mass is 266 g/mol. The van der Waals surface area contributed by atoms with E-state index in [1.807, 2.05) is 0 Å². The van der Waals surface area contributed by atoms with Crippen LogP contribution in [-0.4, -0.2) is 37.7 Å². The van der Waals surface area contributed by atoms with Crippen molar-refractivity contribution in [2.45, 2.75) is 25.8 Å². The van der Waals surface area contributed by atoms with Gasteiger partial charge in [-0.2, -0.15) is 0 Å². The smallest absolute Gasteiger partial charge is 0.262 e. The summed E-state index contributed by atoms with van der Waals surface area (Å²) >= 11 is 1.61. The van der Waals surface area contributed by atoms with Crippen molar-refractivity contribution >= 4 is 22.2 Å². The molecule has 0 atom stereocenters. The van der Waals surface area contributed by atoms with Gasteiger partial charge in [0.25, 0.3) is 5.91 Å². The number of anilines is 1. The van der Waals surface area contributed by atoms with Gasteiger partial charge in [-0.15, -0.1) is 11.3 Å². The normalized spacial score (nSPS) is 22.6. The first-order chi connectivity index (χ1) is 8.55. The Kier molecular flexibility index (Phi) is 2.83. The van der Waals surface area contributed by atoms with Crippen LogP contribution in [0.2, 0.25) is 0 Å². The summed E-state index contributed by atoms with van der Waals surface area (Å²) in [5.74, 6) is 0.0748. The number of thiophene rings is 1. The minimum Gasteiger partial charge on any atom is -0.378 e. The van der Waals surface area contributed by atoms with Gasteiger partial charge >= 0.3 is 0 Å². The van der Waals surface area contributed by atoms with E-state index in [9.17, 15) is 4.79 Å². The van der Waals surface area contributed by atoms with Crippen LogP contribution in [0.25, 0.3) is 0 Å². The van der Waals surface area contributed by atoms with E-state index in [1.54, 1.807) is 11.3 Å². The molecule has 1 amide bonds. The van der Waals surface area contributed by atoms with E-state index in [-0.39, 0.29) is 11.4 Å². The molecule has 0 aliphatic carbocycles. The van der Waals surface area contributed by atoms with Crippen molar-refractivity contribution in [1.29, 1.82) is 0 Å². The van der Waals surface area contributed by atoms with E-state index in [4.69, 9.17) is 4.74 Å². The van der Waals surface area contributed by atoms with Crippen LogP contribution in [0.15, 0.2) is 6.07 Å². The molecule has 0 unspecified atom stereocenters. The van der Waals surface area contributed by atoms with Gasteiger partial charge in [0.05, 0.1) is 23.1 Å². The summed E-state index contributed by atoms with van der Waals surface area (Å²) in [4.78, 5) is 15.3. The molecule has 1 fully saturated rings. The highest BCUT2D eigenvalue weighted by Crippen LogP contribution is 2.35. The molecular weight excluding hydrogens is 248 g/mol. The maximum Gasteiger partial charge on any atom is 0.262 e. The standard InChI is InChI=1S/C13H18N2O2S/c1-13(2)8-9-7-10(15-3-5-17-6-4-15)18-11(9)12(16)14-13/h7H,3-6,8H2,1-2H3,(H,14,16). The third-order valence-corrected chi connectivity index (χ3v) is 4.65. The molecule has 1 saturated heterocycles. The van der Waals surface area contributed by atoms with Crippen molar-refractivity contribution in [3.63, 3.8) is 0 Å². The highest BCUT2D eigenvalue weighted by molar-refractivity contribution is 7.18. The number of rotatable bonds is 1. The number of nitrogens with one attached hydrogen (secondary N) is 1. The zero-order valence-electron chi connectivity index (χ0n) is 10.8. The van der Waals surface area contributed by atoms with Gasteiger partial charge in [0.2, 0.25) is 0 Å². The van der Waals surface area contributed by atoms with Crippen LogP contribution in [0.3, 0.4) is 0 Å². The van der Waals surface area contributed by atoms with Gasteiger partial charge in [0.15, 0.2) is 0 Å². The van der Waals surface area contributed by atoms with Crippen LogP contribution in [0.4, 0.5) is 5.00 Å². The summed E-state index contributed by atoms with van der Waals surface area (Å²) < 4.78 is 5.36. The fourth-order valence-corrected chi connectivity index (χ4v) is 3.69. The second kappa shape index (κ2) is 4.24. The first kappa shape index (κ1) is 12.0. The van der Waals surface area contributed by atoms with Gasteiger partial charge in [-0.05, 0) is 31.9 Å². The molecule has 1 N–H and O–H groups in total. The molecule has 1 aromatic rings. The lowest BCUT2D eigenvalue weighted by Crippen LogP contribution is -2.48. The SMILES string of the molecule is CC1(C)Cc2cc(N3CCOCC3)sc2C(=O)N1. The number of morpholine rings is 1. The second-order valence-corrected chi connectivity index (χ2v) is 6.58. The Morgan fingerprint density at radius 3 is 2.83 bits per heavy atom. The molecule has 0 radical (unpaired) electrons. The first-order valence-electron chi connectivity index (χ1n) is 6.33. The lowest BCUT2D eigenvalue weighted by molar-refractivity contribution is 0.0902. The van der Waals surface area contributed by atoms with Gasteiger partial charge in [-0.3, -0.25) is 4.79 Å². The predicted octanol–water partition coefficient (Wildman–Crippen LogP) is 1.65. The molecule has 2 aliphatic heterocycles. The molecule has 5 heteroatoms. The van der Waals surface area contributed by atoms with E-state index in [0.717, 1.165) is 37.6 Å². The third-order valence-electron chi connectivity index (χ3n) is 3.41. The maximum atomic E-state index is 12.1. The summed E-state index contributed by atoms with van der Waals surface area (Å²) in [5, 5.41) is 4.26. The summed E-state index contributed by atoms with van der Waals surface area (Å²) in [5.41, 5.74) is 1.06. The van der Waals surface area contributed by atoms with E-state index in [1.165, 1.54) is 10.6 Å². The molecule has 4 nitrogen and oxygen atoms in total. The van der Waals surface area contributed by atoms with Gasteiger partial charge in [0.1, 0.15) is 0 Å². The van der Waals surface area contributed by atoms with Crippen molar-refractivity contribution in [3.8, 4) is 0 Å². The van der Waals surface area contributed by atoms with Gasteiger partial charge < -0.3 is 15.0 Å². The summed E-state index contributed by atoms with van der Waals surface area (Å²) in [7, 11) is 0. The average molecular weight is 266 g/mol. The van der Waals surface area contributed by atoms with Crippen molar-refractivity contribution in [1.82, 2.24) is 5.32 Å². The van der Waals surface area contributed by atoms with Crippen molar-refractivity contribution in [3.05, 3.63) is 16.5 Å². The summed E-state index contributed by atoms with van der Waals surface area (Å²) in [6, 6.07) is 2.19. The number of carbonyl (C=O) groups excluding carboxylic acids is 1. The Bertz CT molecular complexity index is 475. The van der Waals surface area contributed by atoms with Crippen LogP contribution in [0.5, 0.6) is 0 Å². The number of hydrogen-bond acceptors (Lipinski definition) is 4. The third kappa shape index (κ3) is 2.12. The summed E-state index contributed by atoms with van der Waals surface area (Å²) in [6.07, 6.45) is 0.912. The van der Waals surface area contributed by atoms with Gasteiger partial charge in [-0.25, -0.2) is 0 Å². The van der Waals surface area contributed by atoms with E-state index in [0.29, 0.717) is 0 Å². The van der Waals surface area contributed by atoms with Crippen LogP contribution in [0, 0.1) is 0 Å². The van der Waals surface area contributed by atoms with Crippen molar-refractivity contribution in [2.24, 2.45) is 0 Å². The fraction of sp³-hybridized carbons (Fsp3) is 0.615. The quantitative estimate of drug-likeness (QED) is 0.840. The topological polar surface area (TPSA) is 41.6 Å². The minimum atomic E-state index is -0.132. The van der Waals surface area contributed by atoms with Crippen molar-refractivity contribution < 1.29 is 9.53 Å². The molecule has 98 valence electrons. The highest BCUT2D eigenvalue weighted by Gasteiger charge is 2.32. The maximum absolute atomic E-state index is 12.1. The van der Waals surface area contributed by atoms with Crippen LogP contribution in [0.1, 0.15) is 29.1 Å². The van der Waals surface area contributed by atoms with Gasteiger partial charge in [-0.1, -0.05) is 0 Å². The minimum absolute atomic E-state index is 0.0748. The Morgan fingerprint density at radius 2 is 2.11 bits per heavy atom. The molecule has 2 aliphatic rings. The van der Waals surface area contributed by atoms with Crippen LogP contribution < -0.4 is 10.2 Å². The summed E-state index contributed by atoms with van der Waals surface area (Å²) in [6.45, 7) is 7.54. The van der Waals surface area contributed by atoms with Crippen LogP contribution in [-0.2, 0) is 11.2 Å². The van der Waals surface area contributed by atoms with E-state index in [2.05, 4.69) is 30.1 Å². The van der Waals surface area contributed by atoms with Gasteiger partial charge in [0, 0.05) is 18.6 Å². The number of nitrogens with zero attached hydrogens (tertiary/aromatic N) is 1. The number of ether oxygens (including phenoxy) is 1. The Labute approximate surface area is 111 Å². The van der Waals surface area contributed by atoms with Crippen LogP contribution >= 0.6 is 11.3 Å². The Balaban J connectivity index is 1.90. The molecule has 0 bridgehead atoms. The number of hydrogen-bond donors (Lipinski definition) is 1. The zero-order valence-corrected chi connectivity index (χ0v) is 11.6. The Hall–Kier alpha value is -1.07. The first-order valence-corrected chi connectivity index (χ1v) is 7.15. The highest BCUT2D eigenvalue weighted by atomic mass is 32.1. The average Bonchev–Trinajstić information content (AvgIpc) is 2.72. The number of amides is 1. The molecule has 0 aromatic carbocycles. The predicted molar refractivity (Wildman–Crippen MR) is 72.6 cm³/mol. The molecule has 18 heavy (non-hydrogen) atoms.